The molecule has 0 aromatic heterocycles. The van der Waals surface area contributed by atoms with Crippen LogP contribution >= 0.6 is 24.0 Å². The molecule has 25 heavy (non-hydrogen) atoms. The number of halogens is 1. The molecule has 0 radical (unpaired) electrons. The summed E-state index contributed by atoms with van der Waals surface area (Å²) < 4.78 is 5.18. The highest BCUT2D eigenvalue weighted by molar-refractivity contribution is 14.0. The van der Waals surface area contributed by atoms with Crippen molar-refractivity contribution in [2.75, 3.05) is 33.8 Å². The first-order chi connectivity index (χ1) is 11.8. The Morgan fingerprint density at radius 2 is 2.00 bits per heavy atom. The van der Waals surface area contributed by atoms with Crippen LogP contribution in [0.15, 0.2) is 29.3 Å². The fraction of sp³-hybridized carbons (Fsp3) is 0.632. The molecule has 2 N–H and O–H groups in total. The standard InChI is InChI=1S/C19H32N4O.HI/c1-4-17-7-5-6-13-23(17)14-12-21-19(20-2)22-15-16-8-10-18(24-3)11-9-16;/h8-11,17H,4-7,12-15H2,1-3H3,(H2,20,21,22);1H. The average molecular weight is 460 g/mol. The van der Waals surface area contributed by atoms with Gasteiger partial charge in [0.25, 0.3) is 0 Å². The molecule has 1 saturated heterocycles. The zero-order chi connectivity index (χ0) is 17.2. The fourth-order valence-corrected chi connectivity index (χ4v) is 3.28. The van der Waals surface area contributed by atoms with Crippen LogP contribution in [0.5, 0.6) is 5.75 Å². The van der Waals surface area contributed by atoms with Crippen LogP contribution in [0.1, 0.15) is 38.2 Å². The summed E-state index contributed by atoms with van der Waals surface area (Å²) in [5, 5.41) is 6.79. The molecule has 2 rings (SSSR count). The number of benzene rings is 1. The Kier molecular flexibility index (Phi) is 10.9. The zero-order valence-electron chi connectivity index (χ0n) is 15.8. The summed E-state index contributed by atoms with van der Waals surface area (Å²) in [6, 6.07) is 8.86. The molecule has 0 spiro atoms. The van der Waals surface area contributed by atoms with Gasteiger partial charge in [-0.1, -0.05) is 25.5 Å². The van der Waals surface area contributed by atoms with Crippen LogP contribution < -0.4 is 15.4 Å². The molecular weight excluding hydrogens is 427 g/mol. The van der Waals surface area contributed by atoms with Crippen molar-refractivity contribution in [2.45, 2.75) is 45.2 Å². The van der Waals surface area contributed by atoms with Gasteiger partial charge < -0.3 is 15.4 Å². The molecule has 1 aromatic rings. The van der Waals surface area contributed by atoms with Gasteiger partial charge in [0.05, 0.1) is 7.11 Å². The third-order valence-electron chi connectivity index (χ3n) is 4.75. The van der Waals surface area contributed by atoms with E-state index in [1.807, 2.05) is 19.2 Å². The fourth-order valence-electron chi connectivity index (χ4n) is 3.28. The van der Waals surface area contributed by atoms with Crippen LogP contribution in [0.4, 0.5) is 0 Å². The predicted molar refractivity (Wildman–Crippen MR) is 116 cm³/mol. The second-order valence-electron chi connectivity index (χ2n) is 6.29. The van der Waals surface area contributed by atoms with Crippen molar-refractivity contribution in [1.82, 2.24) is 15.5 Å². The van der Waals surface area contributed by atoms with Gasteiger partial charge in [-0.2, -0.15) is 0 Å². The van der Waals surface area contributed by atoms with Gasteiger partial charge in [-0.15, -0.1) is 24.0 Å². The van der Waals surface area contributed by atoms with E-state index in [0.717, 1.165) is 37.4 Å². The minimum absolute atomic E-state index is 0. The summed E-state index contributed by atoms with van der Waals surface area (Å²) in [5.74, 6) is 1.74. The molecule has 0 saturated carbocycles. The number of nitrogens with one attached hydrogen (secondary N) is 2. The second-order valence-corrected chi connectivity index (χ2v) is 6.29. The number of rotatable bonds is 7. The zero-order valence-corrected chi connectivity index (χ0v) is 18.1. The summed E-state index contributed by atoms with van der Waals surface area (Å²) in [6.07, 6.45) is 5.32. The SMILES string of the molecule is CCC1CCCCN1CCNC(=NC)NCc1ccc(OC)cc1.I. The third kappa shape index (κ3) is 7.40. The van der Waals surface area contributed by atoms with E-state index in [1.54, 1.807) is 7.11 Å². The molecule has 1 unspecified atom stereocenters. The van der Waals surface area contributed by atoms with Crippen molar-refractivity contribution < 1.29 is 4.74 Å². The van der Waals surface area contributed by atoms with E-state index >= 15 is 0 Å². The Hall–Kier alpha value is -1.02. The Morgan fingerprint density at radius 1 is 1.24 bits per heavy atom. The quantitative estimate of drug-likeness (QED) is 0.373. The minimum Gasteiger partial charge on any atom is -0.497 e. The molecule has 1 aromatic carbocycles. The first kappa shape index (κ1) is 22.0. The summed E-state index contributed by atoms with van der Waals surface area (Å²) in [4.78, 5) is 6.93. The first-order valence-electron chi connectivity index (χ1n) is 9.08. The van der Waals surface area contributed by atoms with Crippen LogP contribution in [0.2, 0.25) is 0 Å². The highest BCUT2D eigenvalue weighted by Crippen LogP contribution is 2.18. The molecule has 1 atom stereocenters. The van der Waals surface area contributed by atoms with Crippen LogP contribution in [-0.4, -0.2) is 50.7 Å². The maximum absolute atomic E-state index is 5.18. The monoisotopic (exact) mass is 460 g/mol. The molecule has 1 aliphatic heterocycles. The largest absolute Gasteiger partial charge is 0.497 e. The van der Waals surface area contributed by atoms with Crippen molar-refractivity contribution in [3.63, 3.8) is 0 Å². The lowest BCUT2D eigenvalue weighted by Gasteiger charge is -2.35. The van der Waals surface area contributed by atoms with Crippen LogP contribution in [-0.2, 0) is 6.54 Å². The Morgan fingerprint density at radius 3 is 2.64 bits per heavy atom. The number of piperidine rings is 1. The van der Waals surface area contributed by atoms with Crippen molar-refractivity contribution in [3.05, 3.63) is 29.8 Å². The topological polar surface area (TPSA) is 48.9 Å². The van der Waals surface area contributed by atoms with Crippen molar-refractivity contribution in [3.8, 4) is 5.75 Å². The lowest BCUT2D eigenvalue weighted by atomic mass is 10.0. The molecule has 5 nitrogen and oxygen atoms in total. The van der Waals surface area contributed by atoms with Gasteiger partial charge in [-0.05, 0) is 43.5 Å². The average Bonchev–Trinajstić information content (AvgIpc) is 2.65. The third-order valence-corrected chi connectivity index (χ3v) is 4.75. The van der Waals surface area contributed by atoms with E-state index in [4.69, 9.17) is 4.74 Å². The molecular formula is C19H33IN4O. The maximum atomic E-state index is 5.18. The van der Waals surface area contributed by atoms with Gasteiger partial charge >= 0.3 is 0 Å². The number of aliphatic imine (C=N–C) groups is 1. The summed E-state index contributed by atoms with van der Waals surface area (Å²) >= 11 is 0. The number of hydrogen-bond acceptors (Lipinski definition) is 3. The van der Waals surface area contributed by atoms with E-state index in [0.29, 0.717) is 0 Å². The van der Waals surface area contributed by atoms with Crippen LogP contribution in [0.25, 0.3) is 0 Å². The number of guanidine groups is 1. The Bertz CT molecular complexity index is 507. The lowest BCUT2D eigenvalue weighted by Crippen LogP contribution is -2.45. The maximum Gasteiger partial charge on any atom is 0.191 e. The molecule has 1 fully saturated rings. The summed E-state index contributed by atoms with van der Waals surface area (Å²) in [7, 11) is 3.50. The van der Waals surface area contributed by atoms with Gasteiger partial charge in [-0.3, -0.25) is 9.89 Å². The van der Waals surface area contributed by atoms with Crippen LogP contribution in [0.3, 0.4) is 0 Å². The summed E-state index contributed by atoms with van der Waals surface area (Å²) in [6.45, 7) is 6.30. The molecule has 1 aliphatic rings. The molecule has 0 aliphatic carbocycles. The highest BCUT2D eigenvalue weighted by Gasteiger charge is 2.19. The normalized spacial score (nSPS) is 18.4. The van der Waals surface area contributed by atoms with Crippen LogP contribution in [0, 0.1) is 0 Å². The van der Waals surface area contributed by atoms with E-state index < -0.39 is 0 Å². The Labute approximate surface area is 169 Å². The minimum atomic E-state index is 0. The molecule has 0 amide bonds. The first-order valence-corrected chi connectivity index (χ1v) is 9.08. The molecule has 142 valence electrons. The molecule has 6 heteroatoms. The molecule has 0 bridgehead atoms. The smallest absolute Gasteiger partial charge is 0.191 e. The van der Waals surface area contributed by atoms with Gasteiger partial charge in [0.15, 0.2) is 5.96 Å². The number of hydrogen-bond donors (Lipinski definition) is 2. The van der Waals surface area contributed by atoms with Gasteiger partial charge in [0, 0.05) is 32.7 Å². The van der Waals surface area contributed by atoms with E-state index in [9.17, 15) is 0 Å². The van der Waals surface area contributed by atoms with Crippen molar-refractivity contribution >= 4 is 29.9 Å². The lowest BCUT2D eigenvalue weighted by molar-refractivity contribution is 0.147. The van der Waals surface area contributed by atoms with E-state index in [1.165, 1.54) is 37.8 Å². The predicted octanol–water partition coefficient (Wildman–Crippen LogP) is 3.24. The highest BCUT2D eigenvalue weighted by atomic mass is 127. The molecule has 1 heterocycles. The van der Waals surface area contributed by atoms with Crippen molar-refractivity contribution in [2.24, 2.45) is 4.99 Å². The van der Waals surface area contributed by atoms with Crippen molar-refractivity contribution in [1.29, 1.82) is 0 Å². The van der Waals surface area contributed by atoms with E-state index in [-0.39, 0.29) is 24.0 Å². The van der Waals surface area contributed by atoms with Gasteiger partial charge in [0.1, 0.15) is 5.75 Å². The second kappa shape index (κ2) is 12.4. The number of likely N-dealkylation sites (tertiary alicyclic amines) is 1. The van der Waals surface area contributed by atoms with E-state index in [2.05, 4.69) is 39.6 Å². The van der Waals surface area contributed by atoms with Gasteiger partial charge in [0.2, 0.25) is 0 Å². The number of nitrogens with zero attached hydrogens (tertiary/aromatic N) is 2. The number of methoxy groups -OCH3 is 1. The number of ether oxygens (including phenoxy) is 1. The summed E-state index contributed by atoms with van der Waals surface area (Å²) in [5.41, 5.74) is 1.21. The van der Waals surface area contributed by atoms with Gasteiger partial charge in [-0.25, -0.2) is 0 Å². The Balaban J connectivity index is 0.00000312.